The Bertz CT molecular complexity index is 509. The van der Waals surface area contributed by atoms with Crippen molar-refractivity contribution in [1.29, 1.82) is 0 Å². The summed E-state index contributed by atoms with van der Waals surface area (Å²) in [7, 11) is 0. The first-order valence-corrected chi connectivity index (χ1v) is 7.44. The van der Waals surface area contributed by atoms with Crippen LogP contribution in [-0.2, 0) is 11.2 Å². The van der Waals surface area contributed by atoms with Crippen LogP contribution in [0.3, 0.4) is 0 Å². The fourth-order valence-corrected chi connectivity index (χ4v) is 3.44. The van der Waals surface area contributed by atoms with Gasteiger partial charge in [0.15, 0.2) is 0 Å². The van der Waals surface area contributed by atoms with Gasteiger partial charge in [-0.2, -0.15) is 0 Å². The maximum absolute atomic E-state index is 12.6. The summed E-state index contributed by atoms with van der Waals surface area (Å²) < 4.78 is 0. The van der Waals surface area contributed by atoms with E-state index in [1.165, 1.54) is 0 Å². The van der Waals surface area contributed by atoms with Gasteiger partial charge >= 0.3 is 0 Å². The molecular weight excluding hydrogens is 252 g/mol. The normalized spacial score (nSPS) is 32.1. The van der Waals surface area contributed by atoms with Crippen LogP contribution in [0.2, 0.25) is 0 Å². The molecule has 20 heavy (non-hydrogen) atoms. The summed E-state index contributed by atoms with van der Waals surface area (Å²) in [6, 6.07) is 7.70. The summed E-state index contributed by atoms with van der Waals surface area (Å²) in [5, 5.41) is 16.6. The number of hydrogen-bond acceptors (Lipinski definition) is 3. The van der Waals surface area contributed by atoms with E-state index in [1.54, 1.807) is 0 Å². The summed E-state index contributed by atoms with van der Waals surface area (Å²) in [4.78, 5) is 12.6. The fraction of sp³-hybridized carbons (Fsp3) is 0.562. The zero-order valence-corrected chi connectivity index (χ0v) is 11.9. The standard InChI is InChI=1S/C16H22N2O2/c1-2-16(7-8-17-10-16)15(20)18-14-12-6-4-3-5-11(12)9-13(14)19/h3-6,13-14,17,19H,2,7-10H2,1H3,(H,18,20)/t13-,14+,16?/m0/s1. The Morgan fingerprint density at radius 1 is 1.50 bits per heavy atom. The Kier molecular flexibility index (Phi) is 3.52. The molecule has 1 heterocycles. The molecule has 4 heteroatoms. The minimum absolute atomic E-state index is 0.0748. The second kappa shape index (κ2) is 5.19. The predicted molar refractivity (Wildman–Crippen MR) is 77.2 cm³/mol. The van der Waals surface area contributed by atoms with E-state index in [0.29, 0.717) is 6.42 Å². The molecule has 1 amide bonds. The Labute approximate surface area is 119 Å². The van der Waals surface area contributed by atoms with E-state index in [-0.39, 0.29) is 17.4 Å². The maximum Gasteiger partial charge on any atom is 0.228 e. The van der Waals surface area contributed by atoms with Crippen LogP contribution < -0.4 is 10.6 Å². The molecule has 1 unspecified atom stereocenters. The largest absolute Gasteiger partial charge is 0.390 e. The molecule has 0 radical (unpaired) electrons. The highest BCUT2D eigenvalue weighted by Gasteiger charge is 2.42. The smallest absolute Gasteiger partial charge is 0.228 e. The lowest BCUT2D eigenvalue weighted by atomic mass is 9.83. The lowest BCUT2D eigenvalue weighted by Crippen LogP contribution is -2.45. The number of carbonyl (C=O) groups is 1. The van der Waals surface area contributed by atoms with E-state index in [2.05, 4.69) is 17.6 Å². The first kappa shape index (κ1) is 13.6. The quantitative estimate of drug-likeness (QED) is 0.775. The zero-order valence-electron chi connectivity index (χ0n) is 11.9. The van der Waals surface area contributed by atoms with Gasteiger partial charge in [0.1, 0.15) is 0 Å². The van der Waals surface area contributed by atoms with Gasteiger partial charge in [0, 0.05) is 13.0 Å². The summed E-state index contributed by atoms with van der Waals surface area (Å²) >= 11 is 0. The minimum Gasteiger partial charge on any atom is -0.390 e. The van der Waals surface area contributed by atoms with Crippen molar-refractivity contribution in [1.82, 2.24) is 10.6 Å². The molecule has 2 aliphatic rings. The average molecular weight is 274 g/mol. The number of carbonyl (C=O) groups excluding carboxylic acids is 1. The Hall–Kier alpha value is -1.39. The molecule has 1 aliphatic carbocycles. The van der Waals surface area contributed by atoms with Gasteiger partial charge in [-0.15, -0.1) is 0 Å². The van der Waals surface area contributed by atoms with Crippen molar-refractivity contribution < 1.29 is 9.90 Å². The highest BCUT2D eigenvalue weighted by molar-refractivity contribution is 5.84. The minimum atomic E-state index is -0.514. The summed E-state index contributed by atoms with van der Waals surface area (Å²) in [5.74, 6) is 0.0748. The van der Waals surface area contributed by atoms with E-state index in [9.17, 15) is 9.90 Å². The SMILES string of the molecule is CCC1(C(=O)N[C@@H]2c3ccccc3C[C@@H]2O)CCNC1. The molecule has 108 valence electrons. The van der Waals surface area contributed by atoms with Crippen LogP contribution in [-0.4, -0.2) is 30.2 Å². The topological polar surface area (TPSA) is 61.4 Å². The lowest BCUT2D eigenvalue weighted by Gasteiger charge is -2.28. The predicted octanol–water partition coefficient (Wildman–Crippen LogP) is 1.15. The Morgan fingerprint density at radius 2 is 2.30 bits per heavy atom. The number of rotatable bonds is 3. The van der Waals surface area contributed by atoms with Gasteiger partial charge in [0.2, 0.25) is 5.91 Å². The monoisotopic (exact) mass is 274 g/mol. The van der Waals surface area contributed by atoms with Gasteiger partial charge in [0.25, 0.3) is 0 Å². The highest BCUT2D eigenvalue weighted by atomic mass is 16.3. The number of hydrogen-bond donors (Lipinski definition) is 3. The van der Waals surface area contributed by atoms with Crippen LogP contribution in [0.4, 0.5) is 0 Å². The molecule has 1 aromatic rings. The van der Waals surface area contributed by atoms with Crippen molar-refractivity contribution in [2.24, 2.45) is 5.41 Å². The molecule has 0 bridgehead atoms. The van der Waals surface area contributed by atoms with Gasteiger partial charge in [0.05, 0.1) is 17.6 Å². The van der Waals surface area contributed by atoms with Crippen molar-refractivity contribution >= 4 is 5.91 Å². The number of aliphatic hydroxyl groups is 1. The zero-order chi connectivity index (χ0) is 14.2. The molecule has 3 N–H and O–H groups in total. The van der Waals surface area contributed by atoms with Crippen molar-refractivity contribution in [3.05, 3.63) is 35.4 Å². The van der Waals surface area contributed by atoms with Crippen LogP contribution >= 0.6 is 0 Å². The van der Waals surface area contributed by atoms with Crippen molar-refractivity contribution in [2.75, 3.05) is 13.1 Å². The lowest BCUT2D eigenvalue weighted by molar-refractivity contribution is -0.131. The summed E-state index contributed by atoms with van der Waals surface area (Å²) in [6.45, 7) is 3.69. The van der Waals surface area contributed by atoms with Crippen molar-refractivity contribution in [3.8, 4) is 0 Å². The molecule has 1 aliphatic heterocycles. The Balaban J connectivity index is 1.79. The van der Waals surface area contributed by atoms with Crippen LogP contribution in [0.25, 0.3) is 0 Å². The number of amides is 1. The second-order valence-corrected chi connectivity index (χ2v) is 5.98. The molecule has 1 aromatic carbocycles. The molecule has 0 saturated carbocycles. The molecule has 3 rings (SSSR count). The van der Waals surface area contributed by atoms with Gasteiger partial charge in [-0.1, -0.05) is 31.2 Å². The molecule has 1 saturated heterocycles. The average Bonchev–Trinajstić information content (AvgIpc) is 3.05. The number of aliphatic hydroxyl groups excluding tert-OH is 1. The molecule has 0 aromatic heterocycles. The third-order valence-electron chi connectivity index (χ3n) is 4.89. The number of nitrogens with one attached hydrogen (secondary N) is 2. The van der Waals surface area contributed by atoms with E-state index < -0.39 is 6.10 Å². The summed E-state index contributed by atoms with van der Waals surface area (Å²) in [6.07, 6.45) is 1.81. The van der Waals surface area contributed by atoms with Gasteiger partial charge in [-0.05, 0) is 30.5 Å². The summed E-state index contributed by atoms with van der Waals surface area (Å²) in [5.41, 5.74) is 1.89. The Morgan fingerprint density at radius 3 is 3.00 bits per heavy atom. The highest BCUT2D eigenvalue weighted by Crippen LogP contribution is 2.35. The number of benzene rings is 1. The van der Waals surface area contributed by atoms with E-state index in [0.717, 1.165) is 37.1 Å². The van der Waals surface area contributed by atoms with Crippen LogP contribution in [0, 0.1) is 5.41 Å². The van der Waals surface area contributed by atoms with E-state index >= 15 is 0 Å². The first-order valence-electron chi connectivity index (χ1n) is 7.44. The van der Waals surface area contributed by atoms with Gasteiger partial charge < -0.3 is 15.7 Å². The molecule has 4 nitrogen and oxygen atoms in total. The fourth-order valence-electron chi connectivity index (χ4n) is 3.44. The molecule has 1 fully saturated rings. The third-order valence-corrected chi connectivity index (χ3v) is 4.89. The van der Waals surface area contributed by atoms with Gasteiger partial charge in [-0.3, -0.25) is 4.79 Å². The molecule has 0 spiro atoms. The van der Waals surface area contributed by atoms with Crippen LogP contribution in [0.15, 0.2) is 24.3 Å². The molecular formula is C16H22N2O2. The van der Waals surface area contributed by atoms with E-state index in [4.69, 9.17) is 0 Å². The molecule has 3 atom stereocenters. The van der Waals surface area contributed by atoms with Crippen molar-refractivity contribution in [3.63, 3.8) is 0 Å². The van der Waals surface area contributed by atoms with Crippen LogP contribution in [0.5, 0.6) is 0 Å². The third kappa shape index (κ3) is 2.13. The number of fused-ring (bicyclic) bond motifs is 1. The van der Waals surface area contributed by atoms with Gasteiger partial charge in [-0.25, -0.2) is 0 Å². The van der Waals surface area contributed by atoms with E-state index in [1.807, 2.05) is 24.3 Å². The second-order valence-electron chi connectivity index (χ2n) is 5.98. The van der Waals surface area contributed by atoms with Crippen molar-refractivity contribution in [2.45, 2.75) is 38.3 Å². The first-order chi connectivity index (χ1) is 9.66. The van der Waals surface area contributed by atoms with Crippen LogP contribution in [0.1, 0.15) is 36.9 Å². The maximum atomic E-state index is 12.6.